The minimum atomic E-state index is -3.71. The molecule has 0 aliphatic heterocycles. The highest BCUT2D eigenvalue weighted by molar-refractivity contribution is 7.92. The third kappa shape index (κ3) is 7.68. The Hall–Kier alpha value is -3.65. The molecule has 7 nitrogen and oxygen atoms in total. The third-order valence-electron chi connectivity index (χ3n) is 6.13. The van der Waals surface area contributed by atoms with Gasteiger partial charge in [0.15, 0.2) is 0 Å². The van der Waals surface area contributed by atoms with E-state index in [0.717, 1.165) is 21.7 Å². The van der Waals surface area contributed by atoms with Crippen LogP contribution in [0.5, 0.6) is 0 Å². The van der Waals surface area contributed by atoms with Gasteiger partial charge >= 0.3 is 0 Å². The van der Waals surface area contributed by atoms with Crippen molar-refractivity contribution in [1.29, 1.82) is 0 Å². The summed E-state index contributed by atoms with van der Waals surface area (Å²) in [7, 11) is -3.71. The van der Waals surface area contributed by atoms with Gasteiger partial charge in [-0.3, -0.25) is 13.9 Å². The molecule has 0 aliphatic rings. The molecule has 0 saturated heterocycles. The van der Waals surface area contributed by atoms with Crippen molar-refractivity contribution in [2.45, 2.75) is 52.4 Å². The van der Waals surface area contributed by atoms with Crippen molar-refractivity contribution >= 4 is 38.9 Å². The van der Waals surface area contributed by atoms with Crippen molar-refractivity contribution < 1.29 is 18.0 Å². The molecule has 2 N–H and O–H groups in total. The average molecular weight is 536 g/mol. The molecule has 0 bridgehead atoms. The predicted octanol–water partition coefficient (Wildman–Crippen LogP) is 5.94. The van der Waals surface area contributed by atoms with Crippen LogP contribution >= 0.6 is 0 Å². The second-order valence-corrected chi connectivity index (χ2v) is 13.4. The molecule has 0 aromatic heterocycles. The van der Waals surface area contributed by atoms with Crippen molar-refractivity contribution in [1.82, 2.24) is 0 Å². The number of carbonyl (C=O) groups excluding carboxylic acids is 2. The van der Waals surface area contributed by atoms with E-state index in [1.807, 2.05) is 24.3 Å². The summed E-state index contributed by atoms with van der Waals surface area (Å²) in [5, 5.41) is 5.57. The molecule has 202 valence electrons. The first kappa shape index (κ1) is 28.9. The lowest BCUT2D eigenvalue weighted by molar-refractivity contribution is -0.114. The maximum absolute atomic E-state index is 12.8. The van der Waals surface area contributed by atoms with E-state index in [-0.39, 0.29) is 23.3 Å². The fourth-order valence-corrected chi connectivity index (χ4v) is 4.71. The van der Waals surface area contributed by atoms with Gasteiger partial charge in [-0.15, -0.1) is 0 Å². The first-order valence-electron chi connectivity index (χ1n) is 12.4. The molecular formula is C30H37N3O4S. The van der Waals surface area contributed by atoms with Gasteiger partial charge in [-0.2, -0.15) is 0 Å². The predicted molar refractivity (Wildman–Crippen MR) is 155 cm³/mol. The maximum atomic E-state index is 12.8. The summed E-state index contributed by atoms with van der Waals surface area (Å²) < 4.78 is 26.0. The van der Waals surface area contributed by atoms with E-state index in [9.17, 15) is 18.0 Å². The molecule has 0 saturated carbocycles. The maximum Gasteiger partial charge on any atom is 0.255 e. The second kappa shape index (κ2) is 11.0. The Kier molecular flexibility index (Phi) is 8.36. The van der Waals surface area contributed by atoms with Crippen LogP contribution in [-0.4, -0.2) is 33.0 Å². The van der Waals surface area contributed by atoms with Crippen LogP contribution in [-0.2, 0) is 25.6 Å². The zero-order valence-electron chi connectivity index (χ0n) is 23.1. The number of sulfonamides is 1. The minimum absolute atomic E-state index is 0.00981. The zero-order chi connectivity index (χ0) is 28.3. The zero-order valence-corrected chi connectivity index (χ0v) is 23.9. The fourth-order valence-electron chi connectivity index (χ4n) is 3.86. The van der Waals surface area contributed by atoms with Crippen LogP contribution in [0.15, 0.2) is 72.8 Å². The van der Waals surface area contributed by atoms with Crippen LogP contribution in [0.1, 0.15) is 63.0 Å². The molecule has 0 heterocycles. The quantitative estimate of drug-likeness (QED) is 0.391. The van der Waals surface area contributed by atoms with Crippen molar-refractivity contribution in [2.24, 2.45) is 0 Å². The lowest BCUT2D eigenvalue weighted by atomic mass is 9.87. The summed E-state index contributed by atoms with van der Waals surface area (Å²) in [5.74, 6) is -0.771. The molecule has 3 aromatic rings. The molecular weight excluding hydrogens is 498 g/mol. The van der Waals surface area contributed by atoms with Crippen LogP contribution in [0, 0.1) is 0 Å². The van der Waals surface area contributed by atoms with Crippen LogP contribution in [0.4, 0.5) is 17.1 Å². The highest BCUT2D eigenvalue weighted by Crippen LogP contribution is 2.26. The highest BCUT2D eigenvalue weighted by atomic mass is 32.2. The smallest absolute Gasteiger partial charge is 0.255 e. The third-order valence-corrected chi connectivity index (χ3v) is 7.27. The van der Waals surface area contributed by atoms with Crippen molar-refractivity contribution in [3.05, 3.63) is 89.5 Å². The van der Waals surface area contributed by atoms with Gasteiger partial charge in [0.05, 0.1) is 11.9 Å². The molecule has 0 fully saturated rings. The molecule has 0 radical (unpaired) electrons. The standard InChI is InChI=1S/C30H37N3O4S/c1-29(2,3)22-13-11-21(12-14-22)28(35)32-25-10-8-9-24(19-25)31-27(34)20-33(38(7,36)37)26-17-15-23(16-18-26)30(4,5)6/h8-19H,20H2,1-7H3,(H,31,34)(H,32,35). The number of rotatable bonds is 7. The number of hydrogen-bond acceptors (Lipinski definition) is 4. The first-order valence-corrected chi connectivity index (χ1v) is 14.3. The van der Waals surface area contributed by atoms with Gasteiger partial charge in [-0.05, 0) is 64.4 Å². The summed E-state index contributed by atoms with van der Waals surface area (Å²) in [6.45, 7) is 12.2. The van der Waals surface area contributed by atoms with E-state index in [1.165, 1.54) is 0 Å². The van der Waals surface area contributed by atoms with Gasteiger partial charge in [-0.1, -0.05) is 71.9 Å². The van der Waals surface area contributed by atoms with Crippen LogP contribution in [0.2, 0.25) is 0 Å². The van der Waals surface area contributed by atoms with Crippen LogP contribution < -0.4 is 14.9 Å². The molecule has 3 rings (SSSR count). The fraction of sp³-hybridized carbons (Fsp3) is 0.333. The number of benzene rings is 3. The topological polar surface area (TPSA) is 95.6 Å². The SMILES string of the molecule is CC(C)(C)c1ccc(C(=O)Nc2cccc(NC(=O)CN(c3ccc(C(C)(C)C)cc3)S(C)(=O)=O)c2)cc1. The number of nitrogens with zero attached hydrogens (tertiary/aromatic N) is 1. The lowest BCUT2D eigenvalue weighted by Crippen LogP contribution is -2.37. The van der Waals surface area contributed by atoms with Gasteiger partial charge in [0.1, 0.15) is 6.54 Å². The Morgan fingerprint density at radius 3 is 1.68 bits per heavy atom. The van der Waals surface area contributed by atoms with E-state index in [4.69, 9.17) is 0 Å². The Labute approximate surface area is 226 Å². The summed E-state index contributed by atoms with van der Waals surface area (Å²) in [6.07, 6.45) is 1.07. The molecule has 0 unspecified atom stereocenters. The number of hydrogen-bond donors (Lipinski definition) is 2. The Morgan fingerprint density at radius 2 is 1.21 bits per heavy atom. The number of amides is 2. The van der Waals surface area contributed by atoms with Crippen molar-refractivity contribution in [2.75, 3.05) is 27.7 Å². The Bertz CT molecular complexity index is 1400. The number of anilines is 3. The van der Waals surface area contributed by atoms with Crippen molar-refractivity contribution in [3.8, 4) is 0 Å². The molecule has 38 heavy (non-hydrogen) atoms. The molecule has 2 amide bonds. The Balaban J connectivity index is 1.70. The largest absolute Gasteiger partial charge is 0.324 e. The number of nitrogens with one attached hydrogen (secondary N) is 2. The van der Waals surface area contributed by atoms with Crippen LogP contribution in [0.25, 0.3) is 0 Å². The summed E-state index contributed by atoms with van der Waals surface area (Å²) in [4.78, 5) is 25.6. The van der Waals surface area contributed by atoms with Gasteiger partial charge < -0.3 is 10.6 Å². The monoisotopic (exact) mass is 535 g/mol. The van der Waals surface area contributed by atoms with E-state index < -0.39 is 15.9 Å². The number of carbonyl (C=O) groups is 2. The van der Waals surface area contributed by atoms with E-state index >= 15 is 0 Å². The normalized spacial score (nSPS) is 12.1. The Morgan fingerprint density at radius 1 is 0.737 bits per heavy atom. The van der Waals surface area contributed by atoms with Gasteiger partial charge in [-0.25, -0.2) is 8.42 Å². The van der Waals surface area contributed by atoms with Crippen LogP contribution in [0.3, 0.4) is 0 Å². The first-order chi connectivity index (χ1) is 17.5. The highest BCUT2D eigenvalue weighted by Gasteiger charge is 2.22. The summed E-state index contributed by atoms with van der Waals surface area (Å²) >= 11 is 0. The van der Waals surface area contributed by atoms with Gasteiger partial charge in [0.2, 0.25) is 15.9 Å². The molecule has 3 aromatic carbocycles. The van der Waals surface area contributed by atoms with Gasteiger partial charge in [0, 0.05) is 16.9 Å². The van der Waals surface area contributed by atoms with E-state index in [2.05, 4.69) is 52.2 Å². The molecule has 0 atom stereocenters. The molecule has 0 spiro atoms. The van der Waals surface area contributed by atoms with Gasteiger partial charge in [0.25, 0.3) is 5.91 Å². The summed E-state index contributed by atoms with van der Waals surface area (Å²) in [5.41, 5.74) is 3.97. The van der Waals surface area contributed by atoms with Crippen molar-refractivity contribution in [3.63, 3.8) is 0 Å². The van der Waals surface area contributed by atoms with E-state index in [1.54, 1.807) is 48.5 Å². The molecule has 0 aliphatic carbocycles. The second-order valence-electron chi connectivity index (χ2n) is 11.5. The van der Waals surface area contributed by atoms with E-state index in [0.29, 0.717) is 22.6 Å². The lowest BCUT2D eigenvalue weighted by Gasteiger charge is -2.24. The summed E-state index contributed by atoms with van der Waals surface area (Å²) in [6, 6.07) is 21.3. The minimum Gasteiger partial charge on any atom is -0.324 e. The average Bonchev–Trinajstić information content (AvgIpc) is 2.81. The molecule has 8 heteroatoms.